The molecule has 0 saturated carbocycles. The highest BCUT2D eigenvalue weighted by Gasteiger charge is 2.18. The van der Waals surface area contributed by atoms with Crippen LogP contribution in [-0.2, 0) is 6.42 Å². The van der Waals surface area contributed by atoms with Gasteiger partial charge in [0.25, 0.3) is 5.69 Å². The molecule has 15 heavy (non-hydrogen) atoms. The molecule has 0 bridgehead atoms. The van der Waals surface area contributed by atoms with Crippen molar-refractivity contribution in [2.45, 2.75) is 25.9 Å². The van der Waals surface area contributed by atoms with Crippen molar-refractivity contribution in [1.82, 2.24) is 0 Å². The number of phenolic OH excluding ortho intramolecular Hbond substituents is 1. The van der Waals surface area contributed by atoms with Gasteiger partial charge in [0, 0.05) is 24.1 Å². The lowest BCUT2D eigenvalue weighted by atomic mass is 9.98. The van der Waals surface area contributed by atoms with Gasteiger partial charge in [-0.25, -0.2) is 0 Å². The summed E-state index contributed by atoms with van der Waals surface area (Å²) in [7, 11) is 0. The van der Waals surface area contributed by atoms with E-state index in [1.165, 1.54) is 18.2 Å². The van der Waals surface area contributed by atoms with Gasteiger partial charge in [-0.2, -0.15) is 0 Å². The van der Waals surface area contributed by atoms with Gasteiger partial charge in [-0.15, -0.1) is 0 Å². The van der Waals surface area contributed by atoms with Crippen LogP contribution >= 0.6 is 0 Å². The number of benzene rings is 1. The van der Waals surface area contributed by atoms with Gasteiger partial charge in [0.2, 0.25) is 0 Å². The number of aliphatic hydroxyl groups is 1. The topological polar surface area (TPSA) is 83.6 Å². The van der Waals surface area contributed by atoms with Gasteiger partial charge < -0.3 is 10.2 Å². The summed E-state index contributed by atoms with van der Waals surface area (Å²) >= 11 is 0. The van der Waals surface area contributed by atoms with E-state index in [0.29, 0.717) is 5.56 Å². The van der Waals surface area contributed by atoms with Crippen LogP contribution in [0.25, 0.3) is 0 Å². The first kappa shape index (κ1) is 11.5. The number of nitro groups is 1. The number of nitro benzene ring substituents is 1. The minimum Gasteiger partial charge on any atom is -0.508 e. The first-order chi connectivity index (χ1) is 6.79. The number of aromatic hydroxyl groups is 1. The normalized spacial score (nSPS) is 11.4. The van der Waals surface area contributed by atoms with Crippen LogP contribution in [0.1, 0.15) is 19.4 Å². The SMILES string of the molecule is CC(C)(O)Cc1cc([N+](=O)[O-])ccc1O. The van der Waals surface area contributed by atoms with E-state index in [4.69, 9.17) is 0 Å². The molecule has 1 rings (SSSR count). The van der Waals surface area contributed by atoms with E-state index in [1.807, 2.05) is 0 Å². The maximum atomic E-state index is 10.5. The van der Waals surface area contributed by atoms with Gasteiger partial charge >= 0.3 is 0 Å². The third-order valence-electron chi connectivity index (χ3n) is 1.90. The zero-order chi connectivity index (χ0) is 11.6. The maximum Gasteiger partial charge on any atom is 0.269 e. The second kappa shape index (κ2) is 3.86. The Morgan fingerprint density at radius 1 is 1.47 bits per heavy atom. The Morgan fingerprint density at radius 2 is 2.07 bits per heavy atom. The summed E-state index contributed by atoms with van der Waals surface area (Å²) in [5.74, 6) is -0.0391. The molecule has 0 spiro atoms. The van der Waals surface area contributed by atoms with Gasteiger partial charge in [0.15, 0.2) is 0 Å². The van der Waals surface area contributed by atoms with Crippen LogP contribution in [0, 0.1) is 10.1 Å². The predicted molar refractivity (Wildman–Crippen MR) is 54.8 cm³/mol. The fourth-order valence-electron chi connectivity index (χ4n) is 1.29. The summed E-state index contributed by atoms with van der Waals surface area (Å²) < 4.78 is 0. The Bertz CT molecular complexity index is 381. The molecule has 0 fully saturated rings. The van der Waals surface area contributed by atoms with E-state index in [9.17, 15) is 20.3 Å². The summed E-state index contributed by atoms with van der Waals surface area (Å²) in [6.07, 6.45) is 0.167. The Hall–Kier alpha value is -1.62. The zero-order valence-electron chi connectivity index (χ0n) is 8.60. The smallest absolute Gasteiger partial charge is 0.269 e. The van der Waals surface area contributed by atoms with Crippen molar-refractivity contribution in [1.29, 1.82) is 0 Å². The Balaban J connectivity index is 3.06. The quantitative estimate of drug-likeness (QED) is 0.587. The average Bonchev–Trinajstić information content (AvgIpc) is 2.06. The molecule has 0 unspecified atom stereocenters. The zero-order valence-corrected chi connectivity index (χ0v) is 8.60. The number of nitrogens with zero attached hydrogens (tertiary/aromatic N) is 1. The second-order valence-corrected chi connectivity index (χ2v) is 4.06. The van der Waals surface area contributed by atoms with E-state index >= 15 is 0 Å². The first-order valence-corrected chi connectivity index (χ1v) is 4.48. The van der Waals surface area contributed by atoms with Crippen molar-refractivity contribution in [3.8, 4) is 5.75 Å². The standard InChI is InChI=1S/C10H13NO4/c1-10(2,13)6-7-5-8(11(14)15)3-4-9(7)12/h3-5,12-13H,6H2,1-2H3. The summed E-state index contributed by atoms with van der Waals surface area (Å²) in [6.45, 7) is 3.15. The minimum absolute atomic E-state index is 0.0391. The van der Waals surface area contributed by atoms with Crippen molar-refractivity contribution >= 4 is 5.69 Å². The summed E-state index contributed by atoms with van der Waals surface area (Å²) in [5, 5.41) is 29.5. The van der Waals surface area contributed by atoms with Crippen LogP contribution in [-0.4, -0.2) is 20.7 Å². The van der Waals surface area contributed by atoms with Crippen LogP contribution in [0.4, 0.5) is 5.69 Å². The molecular weight excluding hydrogens is 198 g/mol. The maximum absolute atomic E-state index is 10.5. The molecule has 5 nitrogen and oxygen atoms in total. The molecule has 1 aromatic carbocycles. The van der Waals surface area contributed by atoms with Crippen LogP contribution in [0.15, 0.2) is 18.2 Å². The molecule has 0 aromatic heterocycles. The fourth-order valence-corrected chi connectivity index (χ4v) is 1.29. The van der Waals surface area contributed by atoms with Gasteiger partial charge in [0.05, 0.1) is 10.5 Å². The number of phenols is 1. The molecule has 0 heterocycles. The van der Waals surface area contributed by atoms with Crippen LogP contribution in [0.5, 0.6) is 5.75 Å². The number of hydrogen-bond donors (Lipinski definition) is 2. The van der Waals surface area contributed by atoms with Gasteiger partial charge in [-0.3, -0.25) is 10.1 Å². The lowest BCUT2D eigenvalue weighted by Gasteiger charge is -2.17. The van der Waals surface area contributed by atoms with Gasteiger partial charge in [-0.1, -0.05) is 0 Å². The fraction of sp³-hybridized carbons (Fsp3) is 0.400. The molecule has 0 atom stereocenters. The van der Waals surface area contributed by atoms with Crippen LogP contribution in [0.2, 0.25) is 0 Å². The van der Waals surface area contributed by atoms with Gasteiger partial charge in [-0.05, 0) is 19.9 Å². The van der Waals surface area contributed by atoms with E-state index in [0.717, 1.165) is 0 Å². The summed E-state index contributed by atoms with van der Waals surface area (Å²) in [6, 6.07) is 3.76. The molecule has 5 heteroatoms. The van der Waals surface area contributed by atoms with Crippen LogP contribution in [0.3, 0.4) is 0 Å². The Kier molecular flexibility index (Phi) is 2.95. The summed E-state index contributed by atoms with van der Waals surface area (Å²) in [5.41, 5.74) is -0.726. The minimum atomic E-state index is -1.01. The van der Waals surface area contributed by atoms with Crippen molar-refractivity contribution < 1.29 is 15.1 Å². The molecule has 1 aromatic rings. The Morgan fingerprint density at radius 3 is 2.53 bits per heavy atom. The molecule has 82 valence electrons. The van der Waals surface area contributed by atoms with E-state index in [-0.39, 0.29) is 17.9 Å². The second-order valence-electron chi connectivity index (χ2n) is 4.06. The molecular formula is C10H13NO4. The van der Waals surface area contributed by atoms with E-state index < -0.39 is 10.5 Å². The average molecular weight is 211 g/mol. The van der Waals surface area contributed by atoms with E-state index in [2.05, 4.69) is 0 Å². The molecule has 0 saturated heterocycles. The lowest BCUT2D eigenvalue weighted by molar-refractivity contribution is -0.384. The monoisotopic (exact) mass is 211 g/mol. The molecule has 2 N–H and O–H groups in total. The highest BCUT2D eigenvalue weighted by molar-refractivity contribution is 5.43. The summed E-state index contributed by atoms with van der Waals surface area (Å²) in [4.78, 5) is 9.96. The number of rotatable bonds is 3. The highest BCUT2D eigenvalue weighted by Crippen LogP contribution is 2.26. The first-order valence-electron chi connectivity index (χ1n) is 4.48. The third kappa shape index (κ3) is 3.21. The Labute approximate surface area is 87.1 Å². The lowest BCUT2D eigenvalue weighted by Crippen LogP contribution is -2.21. The van der Waals surface area contributed by atoms with Crippen molar-refractivity contribution in [2.24, 2.45) is 0 Å². The number of non-ortho nitro benzene ring substituents is 1. The molecule has 0 aliphatic heterocycles. The highest BCUT2D eigenvalue weighted by atomic mass is 16.6. The van der Waals surface area contributed by atoms with Crippen molar-refractivity contribution in [3.63, 3.8) is 0 Å². The molecule has 0 aliphatic carbocycles. The third-order valence-corrected chi connectivity index (χ3v) is 1.90. The molecule has 0 aliphatic rings. The predicted octanol–water partition coefficient (Wildman–Crippen LogP) is 1.61. The molecule has 0 radical (unpaired) electrons. The number of hydrogen-bond acceptors (Lipinski definition) is 4. The largest absolute Gasteiger partial charge is 0.508 e. The van der Waals surface area contributed by atoms with Crippen molar-refractivity contribution in [3.05, 3.63) is 33.9 Å². The van der Waals surface area contributed by atoms with Crippen LogP contribution < -0.4 is 0 Å². The van der Waals surface area contributed by atoms with Crippen molar-refractivity contribution in [2.75, 3.05) is 0 Å². The van der Waals surface area contributed by atoms with Gasteiger partial charge in [0.1, 0.15) is 5.75 Å². The van der Waals surface area contributed by atoms with E-state index in [1.54, 1.807) is 13.8 Å². The molecule has 0 amide bonds.